The van der Waals surface area contributed by atoms with Crippen LogP contribution in [0.3, 0.4) is 0 Å². The third kappa shape index (κ3) is 270. The Morgan fingerprint density at radius 2 is 1.43 bits per heavy atom. The second-order valence-corrected chi connectivity index (χ2v) is 0.526. The fraction of sp³-hybridized carbons (Fsp3) is 0.600. The van der Waals surface area contributed by atoms with Crippen LogP contribution in [-0.4, -0.2) is 0 Å². The Morgan fingerprint density at radius 1 is 1.29 bits per heavy atom. The standard InChI is InChI=1S/C3H7N.C2H6.H3N/c1-2-3-4;1-2;/h2-3H,4H2,1H3;1-2H3;1H3/b3-2-;;. The molecular formula is C5H16N2. The van der Waals surface area contributed by atoms with E-state index in [1.54, 1.807) is 6.08 Å². The quantitative estimate of drug-likeness (QED) is 0.491. The molecule has 5 N–H and O–H groups in total. The van der Waals surface area contributed by atoms with Crippen molar-refractivity contribution < 1.29 is 0 Å². The Bertz CT molecular complexity index is 21.3. The largest absolute Gasteiger partial charge is 0.405 e. The summed E-state index contributed by atoms with van der Waals surface area (Å²) in [6.45, 7) is 5.88. The monoisotopic (exact) mass is 104 g/mol. The maximum absolute atomic E-state index is 4.85. The van der Waals surface area contributed by atoms with Crippen molar-refractivity contribution in [1.82, 2.24) is 6.15 Å². The zero-order valence-corrected chi connectivity index (χ0v) is 5.44. The molecule has 0 aliphatic rings. The third-order valence-corrected chi connectivity index (χ3v) is 0.192. The van der Waals surface area contributed by atoms with Gasteiger partial charge in [-0.25, -0.2) is 0 Å². The van der Waals surface area contributed by atoms with Gasteiger partial charge < -0.3 is 11.9 Å². The maximum atomic E-state index is 4.85. The lowest BCUT2D eigenvalue weighted by Crippen LogP contribution is -1.70. The first-order chi connectivity index (χ1) is 2.91. The van der Waals surface area contributed by atoms with Crippen molar-refractivity contribution in [3.8, 4) is 0 Å². The van der Waals surface area contributed by atoms with E-state index in [1.165, 1.54) is 6.20 Å². The van der Waals surface area contributed by atoms with Gasteiger partial charge in [0.05, 0.1) is 0 Å². The summed E-state index contributed by atoms with van der Waals surface area (Å²) in [6.07, 6.45) is 3.28. The van der Waals surface area contributed by atoms with Crippen LogP contribution < -0.4 is 11.9 Å². The van der Waals surface area contributed by atoms with E-state index in [1.807, 2.05) is 20.8 Å². The first-order valence-corrected chi connectivity index (χ1v) is 2.24. The summed E-state index contributed by atoms with van der Waals surface area (Å²) in [4.78, 5) is 0. The second kappa shape index (κ2) is 49.5. The van der Waals surface area contributed by atoms with Crippen molar-refractivity contribution in [2.75, 3.05) is 0 Å². The molecule has 46 valence electrons. The van der Waals surface area contributed by atoms with Gasteiger partial charge in [0, 0.05) is 0 Å². The van der Waals surface area contributed by atoms with Crippen LogP contribution in [0.15, 0.2) is 12.3 Å². The average Bonchev–Trinajstić information content (AvgIpc) is 1.72. The molecule has 0 saturated carbocycles. The summed E-state index contributed by atoms with van der Waals surface area (Å²) < 4.78 is 0. The molecule has 0 bridgehead atoms. The number of hydrogen-bond acceptors (Lipinski definition) is 2. The second-order valence-electron chi connectivity index (χ2n) is 0.526. The average molecular weight is 104 g/mol. The Balaban J connectivity index is -0.0000000480. The van der Waals surface area contributed by atoms with Crippen LogP contribution in [0.1, 0.15) is 20.8 Å². The molecule has 2 nitrogen and oxygen atoms in total. The highest BCUT2D eigenvalue weighted by atomic mass is 14.5. The molecule has 0 heterocycles. The molecule has 0 aromatic carbocycles. The SMILES string of the molecule is C/C=C\N.CC.N. The van der Waals surface area contributed by atoms with Crippen LogP contribution in [0.2, 0.25) is 0 Å². The van der Waals surface area contributed by atoms with Gasteiger partial charge in [0.2, 0.25) is 0 Å². The van der Waals surface area contributed by atoms with Gasteiger partial charge in [-0.1, -0.05) is 19.9 Å². The van der Waals surface area contributed by atoms with Crippen LogP contribution in [-0.2, 0) is 0 Å². The minimum Gasteiger partial charge on any atom is -0.405 e. The fourth-order valence-electron chi connectivity index (χ4n) is 0. The summed E-state index contributed by atoms with van der Waals surface area (Å²) >= 11 is 0. The molecule has 0 aromatic heterocycles. The smallest absolute Gasteiger partial charge is 0.0106 e. The highest BCUT2D eigenvalue weighted by molar-refractivity contribution is 4.66. The summed E-state index contributed by atoms with van der Waals surface area (Å²) in [7, 11) is 0. The number of nitrogens with two attached hydrogens (primary N) is 1. The van der Waals surface area contributed by atoms with Crippen molar-refractivity contribution >= 4 is 0 Å². The summed E-state index contributed by atoms with van der Waals surface area (Å²) in [6, 6.07) is 0. The van der Waals surface area contributed by atoms with Gasteiger partial charge in [-0.15, -0.1) is 0 Å². The molecule has 0 saturated heterocycles. The highest BCUT2D eigenvalue weighted by Gasteiger charge is 1.32. The molecule has 0 radical (unpaired) electrons. The molecule has 0 spiro atoms. The van der Waals surface area contributed by atoms with Gasteiger partial charge in [-0.05, 0) is 13.1 Å². The molecule has 0 rings (SSSR count). The molecule has 0 aliphatic heterocycles. The van der Waals surface area contributed by atoms with E-state index >= 15 is 0 Å². The van der Waals surface area contributed by atoms with Gasteiger partial charge in [-0.3, -0.25) is 0 Å². The van der Waals surface area contributed by atoms with Gasteiger partial charge >= 0.3 is 0 Å². The minimum atomic E-state index is 0. The van der Waals surface area contributed by atoms with Crippen molar-refractivity contribution in [2.24, 2.45) is 5.73 Å². The first-order valence-electron chi connectivity index (χ1n) is 2.24. The van der Waals surface area contributed by atoms with Crippen molar-refractivity contribution in [2.45, 2.75) is 20.8 Å². The van der Waals surface area contributed by atoms with E-state index in [4.69, 9.17) is 5.73 Å². The van der Waals surface area contributed by atoms with Gasteiger partial charge in [0.15, 0.2) is 0 Å². The van der Waals surface area contributed by atoms with E-state index in [-0.39, 0.29) is 6.15 Å². The van der Waals surface area contributed by atoms with E-state index in [0.717, 1.165) is 0 Å². The lowest BCUT2D eigenvalue weighted by atomic mass is 10.7. The topological polar surface area (TPSA) is 61.0 Å². The van der Waals surface area contributed by atoms with Crippen molar-refractivity contribution in [1.29, 1.82) is 0 Å². The Kier molecular flexibility index (Phi) is 114. The normalized spacial score (nSPS) is 6.14. The third-order valence-electron chi connectivity index (χ3n) is 0.192. The summed E-state index contributed by atoms with van der Waals surface area (Å²) in [5.74, 6) is 0. The predicted molar refractivity (Wildman–Crippen MR) is 35.4 cm³/mol. The minimum absolute atomic E-state index is 0. The number of allylic oxidation sites excluding steroid dienone is 1. The van der Waals surface area contributed by atoms with Crippen molar-refractivity contribution in [3.63, 3.8) is 0 Å². The van der Waals surface area contributed by atoms with Gasteiger partial charge in [0.1, 0.15) is 0 Å². The van der Waals surface area contributed by atoms with Crippen LogP contribution in [0.5, 0.6) is 0 Å². The summed E-state index contributed by atoms with van der Waals surface area (Å²) in [5.41, 5.74) is 4.85. The molecular weight excluding hydrogens is 88.1 g/mol. The van der Waals surface area contributed by atoms with Crippen LogP contribution in [0, 0.1) is 0 Å². The molecule has 2 heteroatoms. The summed E-state index contributed by atoms with van der Waals surface area (Å²) in [5, 5.41) is 0. The number of hydrogen-bond donors (Lipinski definition) is 2. The Morgan fingerprint density at radius 3 is 1.43 bits per heavy atom. The van der Waals surface area contributed by atoms with Crippen LogP contribution in [0.4, 0.5) is 0 Å². The highest BCUT2D eigenvalue weighted by Crippen LogP contribution is 1.47. The lowest BCUT2D eigenvalue weighted by Gasteiger charge is -1.53. The molecule has 0 aromatic rings. The Labute approximate surface area is 46.0 Å². The van der Waals surface area contributed by atoms with Crippen LogP contribution >= 0.6 is 0 Å². The lowest BCUT2D eigenvalue weighted by molar-refractivity contribution is 1.50. The molecule has 0 fully saturated rings. The van der Waals surface area contributed by atoms with E-state index in [0.29, 0.717) is 0 Å². The fourth-order valence-corrected chi connectivity index (χ4v) is 0. The number of rotatable bonds is 0. The molecule has 0 aliphatic carbocycles. The molecule has 0 amide bonds. The molecule has 0 atom stereocenters. The zero-order chi connectivity index (χ0) is 5.41. The first kappa shape index (κ1) is 16.1. The van der Waals surface area contributed by atoms with Gasteiger partial charge in [0.25, 0.3) is 0 Å². The van der Waals surface area contributed by atoms with E-state index < -0.39 is 0 Å². The van der Waals surface area contributed by atoms with E-state index in [9.17, 15) is 0 Å². The van der Waals surface area contributed by atoms with E-state index in [2.05, 4.69) is 0 Å². The molecule has 0 unspecified atom stereocenters. The molecule has 7 heavy (non-hydrogen) atoms. The maximum Gasteiger partial charge on any atom is -0.0106 e. The zero-order valence-electron chi connectivity index (χ0n) is 5.44. The van der Waals surface area contributed by atoms with Gasteiger partial charge in [-0.2, -0.15) is 0 Å². The predicted octanol–water partition coefficient (Wildman–Crippen LogP) is 1.67. The Hall–Kier alpha value is -0.500. The van der Waals surface area contributed by atoms with Crippen LogP contribution in [0.25, 0.3) is 0 Å². The van der Waals surface area contributed by atoms with Crippen molar-refractivity contribution in [3.05, 3.63) is 12.3 Å².